The number of halogens is 1. The predicted molar refractivity (Wildman–Crippen MR) is 81.0 cm³/mol. The Balaban J connectivity index is 2.73. The molecule has 0 spiro atoms. The molecule has 92 valence electrons. The number of rotatable bonds is 2. The molecule has 1 heterocycles. The summed E-state index contributed by atoms with van der Waals surface area (Å²) in [5.41, 5.74) is 1.67. The average Bonchev–Trinajstić information content (AvgIpc) is 2.54. The van der Waals surface area contributed by atoms with Gasteiger partial charge in [-0.25, -0.2) is 0 Å². The number of nitrogens with one attached hydrogen (secondary N) is 1. The van der Waals surface area contributed by atoms with Crippen molar-refractivity contribution in [2.24, 2.45) is 0 Å². The largest absolute Gasteiger partial charge is 0.315 e. The van der Waals surface area contributed by atoms with Gasteiger partial charge in [-0.15, -0.1) is 11.3 Å². The first-order chi connectivity index (χ1) is 7.93. The monoisotopic (exact) mass is 311 g/mol. The maximum absolute atomic E-state index is 3.57. The minimum atomic E-state index is 0.186. The second kappa shape index (κ2) is 4.71. The van der Waals surface area contributed by atoms with Gasteiger partial charge in [0.25, 0.3) is 0 Å². The van der Waals surface area contributed by atoms with Crippen molar-refractivity contribution in [3.05, 3.63) is 33.1 Å². The third kappa shape index (κ3) is 2.56. The van der Waals surface area contributed by atoms with Crippen LogP contribution in [0.25, 0.3) is 10.1 Å². The van der Waals surface area contributed by atoms with Crippen LogP contribution in [0.15, 0.2) is 22.7 Å². The highest BCUT2D eigenvalue weighted by atomic mass is 79.9. The Hall–Kier alpha value is -0.380. The summed E-state index contributed by atoms with van der Waals surface area (Å²) in [6.07, 6.45) is 0. The van der Waals surface area contributed by atoms with Crippen LogP contribution in [0.4, 0.5) is 0 Å². The summed E-state index contributed by atoms with van der Waals surface area (Å²) in [4.78, 5) is 1.45. The smallest absolute Gasteiger partial charge is 0.0350 e. The summed E-state index contributed by atoms with van der Waals surface area (Å²) < 4.78 is 2.53. The van der Waals surface area contributed by atoms with Crippen LogP contribution in [0, 0.1) is 0 Å². The standard InChI is InChI=1S/C14H18BrNS/c1-14(2,3)13-10-7-9(15)5-6-11(10)17-12(13)8-16-4/h5-7,16H,8H2,1-4H3. The van der Waals surface area contributed by atoms with Crippen LogP contribution in [0.5, 0.6) is 0 Å². The van der Waals surface area contributed by atoms with E-state index in [0.29, 0.717) is 0 Å². The minimum Gasteiger partial charge on any atom is -0.315 e. The normalized spacial score (nSPS) is 12.3. The van der Waals surface area contributed by atoms with Gasteiger partial charge in [-0.05, 0) is 41.6 Å². The highest BCUT2D eigenvalue weighted by molar-refractivity contribution is 9.10. The van der Waals surface area contributed by atoms with Crippen molar-refractivity contribution >= 4 is 37.4 Å². The predicted octanol–water partition coefficient (Wildman–Crippen LogP) is 4.68. The molecule has 0 fully saturated rings. The van der Waals surface area contributed by atoms with Crippen LogP contribution in [-0.4, -0.2) is 7.05 Å². The lowest BCUT2D eigenvalue weighted by Gasteiger charge is -2.20. The fraction of sp³-hybridized carbons (Fsp3) is 0.429. The fourth-order valence-corrected chi connectivity index (χ4v) is 4.00. The molecule has 0 radical (unpaired) electrons. The zero-order valence-electron chi connectivity index (χ0n) is 10.7. The van der Waals surface area contributed by atoms with Crippen LogP contribution < -0.4 is 5.32 Å². The van der Waals surface area contributed by atoms with E-state index in [9.17, 15) is 0 Å². The molecular weight excluding hydrogens is 294 g/mol. The van der Waals surface area contributed by atoms with Gasteiger partial charge in [0.05, 0.1) is 0 Å². The van der Waals surface area contributed by atoms with Crippen LogP contribution in [0.2, 0.25) is 0 Å². The zero-order chi connectivity index (χ0) is 12.6. The van der Waals surface area contributed by atoms with Gasteiger partial charge in [-0.3, -0.25) is 0 Å². The summed E-state index contributed by atoms with van der Waals surface area (Å²) in [5, 5.41) is 4.66. The van der Waals surface area contributed by atoms with E-state index in [1.54, 1.807) is 0 Å². The molecule has 0 bridgehead atoms. The molecule has 2 aromatic rings. The molecule has 0 unspecified atom stereocenters. The van der Waals surface area contributed by atoms with Gasteiger partial charge < -0.3 is 5.32 Å². The summed E-state index contributed by atoms with van der Waals surface area (Å²) in [6, 6.07) is 6.57. The molecule has 3 heteroatoms. The van der Waals surface area contributed by atoms with Gasteiger partial charge in [0, 0.05) is 20.6 Å². The molecule has 1 N–H and O–H groups in total. The van der Waals surface area contributed by atoms with E-state index >= 15 is 0 Å². The SMILES string of the molecule is CNCc1sc2ccc(Br)cc2c1C(C)(C)C. The van der Waals surface area contributed by atoms with Crippen molar-refractivity contribution in [1.29, 1.82) is 0 Å². The molecule has 1 aromatic carbocycles. The maximum Gasteiger partial charge on any atom is 0.0350 e. The Morgan fingerprint density at radius 3 is 2.59 bits per heavy atom. The second-order valence-corrected chi connectivity index (χ2v) is 7.37. The lowest BCUT2D eigenvalue weighted by Crippen LogP contribution is -2.15. The highest BCUT2D eigenvalue weighted by Gasteiger charge is 2.23. The molecule has 0 aliphatic heterocycles. The lowest BCUT2D eigenvalue weighted by molar-refractivity contribution is 0.588. The van der Waals surface area contributed by atoms with Crippen LogP contribution >= 0.6 is 27.3 Å². The number of thiophene rings is 1. The van der Waals surface area contributed by atoms with E-state index in [0.717, 1.165) is 11.0 Å². The molecule has 1 nitrogen and oxygen atoms in total. The van der Waals surface area contributed by atoms with Gasteiger partial charge in [0.15, 0.2) is 0 Å². The van der Waals surface area contributed by atoms with Gasteiger partial charge in [-0.1, -0.05) is 36.7 Å². The fourth-order valence-electron chi connectivity index (χ4n) is 2.23. The van der Waals surface area contributed by atoms with E-state index in [1.807, 2.05) is 18.4 Å². The van der Waals surface area contributed by atoms with Gasteiger partial charge >= 0.3 is 0 Å². The zero-order valence-corrected chi connectivity index (χ0v) is 13.1. The number of benzene rings is 1. The molecule has 0 amide bonds. The molecule has 2 rings (SSSR count). The van der Waals surface area contributed by atoms with Crippen molar-refractivity contribution in [1.82, 2.24) is 5.32 Å². The lowest BCUT2D eigenvalue weighted by atomic mass is 9.85. The average molecular weight is 312 g/mol. The Morgan fingerprint density at radius 2 is 2.00 bits per heavy atom. The van der Waals surface area contributed by atoms with Crippen molar-refractivity contribution < 1.29 is 0 Å². The van der Waals surface area contributed by atoms with E-state index < -0.39 is 0 Å². The number of hydrogen-bond acceptors (Lipinski definition) is 2. The second-order valence-electron chi connectivity index (χ2n) is 5.32. The van der Waals surface area contributed by atoms with Crippen molar-refractivity contribution in [3.63, 3.8) is 0 Å². The minimum absolute atomic E-state index is 0.186. The maximum atomic E-state index is 3.57. The van der Waals surface area contributed by atoms with Crippen molar-refractivity contribution in [2.75, 3.05) is 7.05 Å². The summed E-state index contributed by atoms with van der Waals surface area (Å²) in [7, 11) is 2.01. The van der Waals surface area contributed by atoms with Gasteiger partial charge in [0.2, 0.25) is 0 Å². The first-order valence-corrected chi connectivity index (χ1v) is 7.40. The molecule has 17 heavy (non-hydrogen) atoms. The molecule has 0 aliphatic rings. The van der Waals surface area contributed by atoms with E-state index in [-0.39, 0.29) is 5.41 Å². The van der Waals surface area contributed by atoms with Crippen LogP contribution in [-0.2, 0) is 12.0 Å². The Morgan fingerprint density at radius 1 is 1.29 bits per heavy atom. The van der Waals surface area contributed by atoms with Crippen LogP contribution in [0.3, 0.4) is 0 Å². The number of fused-ring (bicyclic) bond motifs is 1. The molecule has 0 aliphatic carbocycles. The van der Waals surface area contributed by atoms with Crippen molar-refractivity contribution in [2.45, 2.75) is 32.7 Å². The first-order valence-electron chi connectivity index (χ1n) is 5.79. The number of hydrogen-bond donors (Lipinski definition) is 1. The molecule has 0 saturated carbocycles. The Kier molecular flexibility index (Phi) is 3.62. The van der Waals surface area contributed by atoms with E-state index in [2.05, 4.69) is 60.2 Å². The first kappa shape index (κ1) is 13.1. The van der Waals surface area contributed by atoms with E-state index in [4.69, 9.17) is 0 Å². The quantitative estimate of drug-likeness (QED) is 0.849. The van der Waals surface area contributed by atoms with Crippen molar-refractivity contribution in [3.8, 4) is 0 Å². The van der Waals surface area contributed by atoms with Gasteiger partial charge in [-0.2, -0.15) is 0 Å². The summed E-state index contributed by atoms with van der Waals surface area (Å²) in [6.45, 7) is 7.81. The molecule has 0 atom stereocenters. The third-order valence-electron chi connectivity index (χ3n) is 2.81. The summed E-state index contributed by atoms with van der Waals surface area (Å²) in [5.74, 6) is 0. The Bertz CT molecular complexity index is 537. The summed E-state index contributed by atoms with van der Waals surface area (Å²) >= 11 is 5.47. The molecular formula is C14H18BrNS. The molecule has 1 aromatic heterocycles. The topological polar surface area (TPSA) is 12.0 Å². The van der Waals surface area contributed by atoms with Crippen LogP contribution in [0.1, 0.15) is 31.2 Å². The highest BCUT2D eigenvalue weighted by Crippen LogP contribution is 2.40. The van der Waals surface area contributed by atoms with E-state index in [1.165, 1.54) is 20.5 Å². The molecule has 0 saturated heterocycles. The van der Waals surface area contributed by atoms with Gasteiger partial charge in [0.1, 0.15) is 0 Å². The Labute approximate surface area is 115 Å². The third-order valence-corrected chi connectivity index (χ3v) is 4.47.